The van der Waals surface area contributed by atoms with Crippen LogP contribution in [-0.4, -0.2) is 23.0 Å². The van der Waals surface area contributed by atoms with Crippen molar-refractivity contribution in [3.8, 4) is 0 Å². The number of anilines is 1. The fraction of sp³-hybridized carbons (Fsp3) is 0.133. The maximum absolute atomic E-state index is 12.2. The van der Waals surface area contributed by atoms with Gasteiger partial charge in [-0.3, -0.25) is 9.78 Å². The summed E-state index contributed by atoms with van der Waals surface area (Å²) in [5.74, 6) is 0.172. The van der Waals surface area contributed by atoms with Crippen LogP contribution in [0.1, 0.15) is 16.2 Å². The first-order valence-corrected chi connectivity index (χ1v) is 6.84. The summed E-state index contributed by atoms with van der Waals surface area (Å²) >= 11 is 5.95. The molecular formula is C15H12ClN3O3. The van der Waals surface area contributed by atoms with Crippen LogP contribution in [0.5, 0.6) is 0 Å². The summed E-state index contributed by atoms with van der Waals surface area (Å²) in [5, 5.41) is 3.06. The predicted octanol–water partition coefficient (Wildman–Crippen LogP) is 3.27. The van der Waals surface area contributed by atoms with Gasteiger partial charge in [0.2, 0.25) is 5.89 Å². The minimum atomic E-state index is -0.313. The second-order valence-corrected chi connectivity index (χ2v) is 4.94. The molecule has 0 bridgehead atoms. The molecule has 1 N–H and O–H groups in total. The molecule has 2 aromatic heterocycles. The fourth-order valence-corrected chi connectivity index (χ4v) is 2.20. The first kappa shape index (κ1) is 14.5. The molecule has 0 spiro atoms. The Balaban J connectivity index is 1.84. The molecule has 0 saturated heterocycles. The van der Waals surface area contributed by atoms with E-state index in [9.17, 15) is 4.79 Å². The number of aromatic nitrogens is 2. The summed E-state index contributed by atoms with van der Waals surface area (Å²) in [4.78, 5) is 20.3. The van der Waals surface area contributed by atoms with Gasteiger partial charge in [-0.2, -0.15) is 0 Å². The van der Waals surface area contributed by atoms with Gasteiger partial charge < -0.3 is 14.5 Å². The summed E-state index contributed by atoms with van der Waals surface area (Å²) in [7, 11) is 1.57. The number of carbonyl (C=O) groups is 1. The lowest BCUT2D eigenvalue weighted by Gasteiger charge is -2.05. The first-order chi connectivity index (χ1) is 10.7. The van der Waals surface area contributed by atoms with E-state index in [4.69, 9.17) is 20.8 Å². The largest absolute Gasteiger partial charge is 0.438 e. The van der Waals surface area contributed by atoms with Crippen molar-refractivity contribution < 1.29 is 13.9 Å². The maximum atomic E-state index is 12.2. The molecule has 7 heteroatoms. The van der Waals surface area contributed by atoms with Crippen LogP contribution >= 0.6 is 11.6 Å². The SMILES string of the molecule is COCc1nc2cc(NC(=O)c3ccncc3Cl)ccc2o1. The fourth-order valence-electron chi connectivity index (χ4n) is 2.00. The Kier molecular flexibility index (Phi) is 4.04. The summed E-state index contributed by atoms with van der Waals surface area (Å²) in [6.45, 7) is 0.295. The third-order valence-electron chi connectivity index (χ3n) is 2.97. The van der Waals surface area contributed by atoms with Crippen LogP contribution in [0.25, 0.3) is 11.1 Å². The molecule has 22 heavy (non-hydrogen) atoms. The molecule has 0 saturated carbocycles. The average molecular weight is 318 g/mol. The molecule has 0 unspecified atom stereocenters. The van der Waals surface area contributed by atoms with E-state index in [0.717, 1.165) is 0 Å². The van der Waals surface area contributed by atoms with Crippen LogP contribution in [-0.2, 0) is 11.3 Å². The summed E-state index contributed by atoms with van der Waals surface area (Å²) in [6.07, 6.45) is 2.94. The van der Waals surface area contributed by atoms with E-state index < -0.39 is 0 Å². The minimum absolute atomic E-state index is 0.295. The van der Waals surface area contributed by atoms with Gasteiger partial charge in [-0.1, -0.05) is 11.6 Å². The van der Waals surface area contributed by atoms with Crippen molar-refractivity contribution >= 4 is 34.3 Å². The molecule has 112 valence electrons. The zero-order valence-electron chi connectivity index (χ0n) is 11.7. The molecule has 2 heterocycles. The van der Waals surface area contributed by atoms with Gasteiger partial charge in [0.05, 0.1) is 10.6 Å². The van der Waals surface area contributed by atoms with Crippen LogP contribution in [0.2, 0.25) is 5.02 Å². The van der Waals surface area contributed by atoms with Crippen molar-refractivity contribution in [2.45, 2.75) is 6.61 Å². The zero-order chi connectivity index (χ0) is 15.5. The molecule has 0 aliphatic rings. The van der Waals surface area contributed by atoms with Gasteiger partial charge >= 0.3 is 0 Å². The van der Waals surface area contributed by atoms with Gasteiger partial charge in [0.1, 0.15) is 12.1 Å². The lowest BCUT2D eigenvalue weighted by Crippen LogP contribution is -2.12. The van der Waals surface area contributed by atoms with E-state index in [1.165, 1.54) is 12.4 Å². The number of nitrogens with one attached hydrogen (secondary N) is 1. The van der Waals surface area contributed by atoms with Gasteiger partial charge in [-0.25, -0.2) is 4.98 Å². The molecule has 0 aliphatic heterocycles. The number of ether oxygens (including phenoxy) is 1. The normalized spacial score (nSPS) is 10.8. The molecule has 0 fully saturated rings. The monoisotopic (exact) mass is 317 g/mol. The van der Waals surface area contributed by atoms with Crippen LogP contribution < -0.4 is 5.32 Å². The van der Waals surface area contributed by atoms with Crippen molar-refractivity contribution in [2.24, 2.45) is 0 Å². The first-order valence-electron chi connectivity index (χ1n) is 6.46. The Morgan fingerprint density at radius 2 is 2.27 bits per heavy atom. The number of hydrogen-bond donors (Lipinski definition) is 1. The van der Waals surface area contributed by atoms with Gasteiger partial charge in [-0.15, -0.1) is 0 Å². The van der Waals surface area contributed by atoms with Crippen LogP contribution in [0.4, 0.5) is 5.69 Å². The molecule has 0 aliphatic carbocycles. The molecule has 1 amide bonds. The van der Waals surface area contributed by atoms with Crippen LogP contribution in [0.3, 0.4) is 0 Å². The van der Waals surface area contributed by atoms with Gasteiger partial charge in [0.15, 0.2) is 5.58 Å². The highest BCUT2D eigenvalue weighted by Gasteiger charge is 2.12. The minimum Gasteiger partial charge on any atom is -0.438 e. The number of halogens is 1. The van der Waals surface area contributed by atoms with Gasteiger partial charge in [0.25, 0.3) is 5.91 Å². The molecule has 6 nitrogen and oxygen atoms in total. The Labute approximate surface area is 131 Å². The highest BCUT2D eigenvalue weighted by Crippen LogP contribution is 2.22. The van der Waals surface area contributed by atoms with Crippen molar-refractivity contribution in [3.05, 3.63) is 53.1 Å². The number of pyridine rings is 1. The standard InChI is InChI=1S/C15H12ClN3O3/c1-21-8-14-19-12-6-9(2-3-13(12)22-14)18-15(20)10-4-5-17-7-11(10)16/h2-7H,8H2,1H3,(H,18,20). The van der Waals surface area contributed by atoms with Crippen molar-refractivity contribution in [2.75, 3.05) is 12.4 Å². The molecule has 0 radical (unpaired) electrons. The smallest absolute Gasteiger partial charge is 0.257 e. The predicted molar refractivity (Wildman–Crippen MR) is 81.9 cm³/mol. The molecule has 3 rings (SSSR count). The van der Waals surface area contributed by atoms with Crippen molar-refractivity contribution in [1.29, 1.82) is 0 Å². The number of carbonyl (C=O) groups excluding carboxylic acids is 1. The Bertz CT molecular complexity index is 832. The number of methoxy groups -OCH3 is 1. The Morgan fingerprint density at radius 3 is 3.05 bits per heavy atom. The quantitative estimate of drug-likeness (QED) is 0.799. The number of rotatable bonds is 4. The molecular weight excluding hydrogens is 306 g/mol. The number of hydrogen-bond acceptors (Lipinski definition) is 5. The molecule has 0 atom stereocenters. The lowest BCUT2D eigenvalue weighted by atomic mass is 10.2. The van der Waals surface area contributed by atoms with Crippen molar-refractivity contribution in [3.63, 3.8) is 0 Å². The topological polar surface area (TPSA) is 77.2 Å². The molecule has 3 aromatic rings. The van der Waals surface area contributed by atoms with Gasteiger partial charge in [0, 0.05) is 25.2 Å². The van der Waals surface area contributed by atoms with E-state index in [1.807, 2.05) is 0 Å². The highest BCUT2D eigenvalue weighted by molar-refractivity contribution is 6.34. The van der Waals surface area contributed by atoms with Crippen molar-refractivity contribution in [1.82, 2.24) is 9.97 Å². The number of fused-ring (bicyclic) bond motifs is 1. The lowest BCUT2D eigenvalue weighted by molar-refractivity contribution is 0.102. The van der Waals surface area contributed by atoms with Crippen LogP contribution in [0, 0.1) is 0 Å². The van der Waals surface area contributed by atoms with E-state index >= 15 is 0 Å². The summed E-state index contributed by atoms with van der Waals surface area (Å²) in [6, 6.07) is 6.76. The number of benzene rings is 1. The van der Waals surface area contributed by atoms with Gasteiger partial charge in [-0.05, 0) is 24.3 Å². The summed E-state index contributed by atoms with van der Waals surface area (Å²) in [5.41, 5.74) is 2.23. The van der Waals surface area contributed by atoms with E-state index in [0.29, 0.717) is 39.9 Å². The number of oxazole rings is 1. The second kappa shape index (κ2) is 6.13. The zero-order valence-corrected chi connectivity index (χ0v) is 12.4. The van der Waals surface area contributed by atoms with E-state index in [-0.39, 0.29) is 5.91 Å². The number of nitrogens with zero attached hydrogens (tertiary/aromatic N) is 2. The molecule has 1 aromatic carbocycles. The van der Waals surface area contributed by atoms with E-state index in [1.54, 1.807) is 31.4 Å². The Morgan fingerprint density at radius 1 is 1.41 bits per heavy atom. The average Bonchev–Trinajstić information content (AvgIpc) is 2.89. The van der Waals surface area contributed by atoms with Crippen LogP contribution in [0.15, 0.2) is 41.1 Å². The third kappa shape index (κ3) is 2.93. The number of amides is 1. The van der Waals surface area contributed by atoms with E-state index in [2.05, 4.69) is 15.3 Å². The summed E-state index contributed by atoms with van der Waals surface area (Å²) < 4.78 is 10.5. The Hall–Kier alpha value is -2.44. The maximum Gasteiger partial charge on any atom is 0.257 e. The highest BCUT2D eigenvalue weighted by atomic mass is 35.5. The second-order valence-electron chi connectivity index (χ2n) is 4.53. The third-order valence-corrected chi connectivity index (χ3v) is 3.28.